The molecule has 0 aromatic rings. The zero-order chi connectivity index (χ0) is 7.49. The van der Waals surface area contributed by atoms with Crippen molar-refractivity contribution in [3.05, 3.63) is 0 Å². The van der Waals surface area contributed by atoms with Gasteiger partial charge in [0, 0.05) is 0 Å². The van der Waals surface area contributed by atoms with Crippen LogP contribution in [0.25, 0.3) is 0 Å². The fraction of sp³-hybridized carbons (Fsp3) is 0.800. The summed E-state index contributed by atoms with van der Waals surface area (Å²) in [5.74, 6) is 4.03. The molecule has 0 heterocycles. The smallest absolute Gasteiger partial charge is 0.344 e. The van der Waals surface area contributed by atoms with Gasteiger partial charge >= 0.3 is 5.97 Å². The first-order valence-electron chi connectivity index (χ1n) is 2.74. The van der Waals surface area contributed by atoms with E-state index in [0.717, 1.165) is 0 Å². The van der Waals surface area contributed by atoms with Crippen molar-refractivity contribution in [1.29, 1.82) is 0 Å². The summed E-state index contributed by atoms with van der Waals surface area (Å²) in [6.45, 7) is 3.36. The molecular formula is C5H12N2O2. The maximum absolute atomic E-state index is 10.6. The summed E-state index contributed by atoms with van der Waals surface area (Å²) in [6.07, 6.45) is 0.517. The summed E-state index contributed by atoms with van der Waals surface area (Å²) in [4.78, 5) is 14.5. The van der Waals surface area contributed by atoms with Gasteiger partial charge in [-0.1, -0.05) is 6.92 Å². The highest BCUT2D eigenvalue weighted by Crippen LogP contribution is 2.04. The lowest BCUT2D eigenvalue weighted by Gasteiger charge is -2.17. The molecule has 0 saturated heterocycles. The van der Waals surface area contributed by atoms with Gasteiger partial charge in [0.1, 0.15) is 5.54 Å². The van der Waals surface area contributed by atoms with Crippen LogP contribution in [0.5, 0.6) is 0 Å². The Kier molecular flexibility index (Phi) is 2.61. The van der Waals surface area contributed by atoms with E-state index >= 15 is 0 Å². The lowest BCUT2D eigenvalue weighted by Crippen LogP contribution is -2.46. The Morgan fingerprint density at radius 1 is 1.78 bits per heavy atom. The summed E-state index contributed by atoms with van der Waals surface area (Å²) in [7, 11) is 0. The van der Waals surface area contributed by atoms with Crippen molar-refractivity contribution in [1.82, 2.24) is 0 Å². The molecule has 0 aromatic heterocycles. The van der Waals surface area contributed by atoms with Crippen molar-refractivity contribution >= 4 is 5.97 Å². The van der Waals surface area contributed by atoms with Crippen LogP contribution in [-0.4, -0.2) is 11.5 Å². The third-order valence-corrected chi connectivity index (χ3v) is 1.31. The average Bonchev–Trinajstić information content (AvgIpc) is 1.86. The Morgan fingerprint density at radius 2 is 2.22 bits per heavy atom. The fourth-order valence-corrected chi connectivity index (χ4v) is 0.279. The maximum atomic E-state index is 10.6. The summed E-state index contributed by atoms with van der Waals surface area (Å²) in [6, 6.07) is 0. The molecule has 0 aliphatic heterocycles. The van der Waals surface area contributed by atoms with Gasteiger partial charge in [0.2, 0.25) is 0 Å². The van der Waals surface area contributed by atoms with Crippen LogP contribution in [0.15, 0.2) is 0 Å². The van der Waals surface area contributed by atoms with Gasteiger partial charge in [-0.25, -0.2) is 4.79 Å². The molecule has 0 aliphatic carbocycles. The van der Waals surface area contributed by atoms with Crippen LogP contribution in [0.4, 0.5) is 0 Å². The minimum atomic E-state index is -0.936. The Labute approximate surface area is 54.1 Å². The Bertz CT molecular complexity index is 112. The third kappa shape index (κ3) is 1.99. The predicted octanol–water partition coefficient (Wildman–Crippen LogP) is -0.469. The molecule has 0 radical (unpaired) electrons. The first kappa shape index (κ1) is 8.39. The van der Waals surface area contributed by atoms with E-state index < -0.39 is 11.5 Å². The van der Waals surface area contributed by atoms with Crippen LogP contribution in [0.2, 0.25) is 0 Å². The highest BCUT2D eigenvalue weighted by atomic mass is 16.7. The number of rotatable bonds is 2. The molecule has 1 unspecified atom stereocenters. The van der Waals surface area contributed by atoms with Gasteiger partial charge in [0.05, 0.1) is 0 Å². The molecule has 0 fully saturated rings. The number of carbonyl (C=O) groups excluding carboxylic acids is 1. The molecule has 0 saturated carbocycles. The van der Waals surface area contributed by atoms with Gasteiger partial charge < -0.3 is 10.6 Å². The Balaban J connectivity index is 3.97. The van der Waals surface area contributed by atoms with Gasteiger partial charge in [0.25, 0.3) is 0 Å². The second kappa shape index (κ2) is 2.80. The van der Waals surface area contributed by atoms with Gasteiger partial charge in [-0.3, -0.25) is 0 Å². The van der Waals surface area contributed by atoms with Crippen molar-refractivity contribution in [2.45, 2.75) is 25.8 Å². The van der Waals surface area contributed by atoms with Crippen LogP contribution >= 0.6 is 0 Å². The number of hydrogen-bond acceptors (Lipinski definition) is 4. The predicted molar refractivity (Wildman–Crippen MR) is 33.2 cm³/mol. The Morgan fingerprint density at radius 3 is 2.33 bits per heavy atom. The molecule has 0 aliphatic rings. The highest BCUT2D eigenvalue weighted by molar-refractivity contribution is 5.79. The van der Waals surface area contributed by atoms with Crippen LogP contribution in [0.3, 0.4) is 0 Å². The summed E-state index contributed by atoms with van der Waals surface area (Å²) in [5, 5.41) is 0. The molecule has 0 amide bonds. The molecule has 9 heavy (non-hydrogen) atoms. The van der Waals surface area contributed by atoms with Crippen molar-refractivity contribution in [3.8, 4) is 0 Å². The van der Waals surface area contributed by atoms with E-state index in [1.54, 1.807) is 13.8 Å². The second-order valence-corrected chi connectivity index (χ2v) is 2.18. The molecular weight excluding hydrogens is 120 g/mol. The van der Waals surface area contributed by atoms with E-state index in [1.807, 2.05) is 0 Å². The van der Waals surface area contributed by atoms with E-state index in [0.29, 0.717) is 6.42 Å². The molecule has 0 bridgehead atoms. The molecule has 4 N–H and O–H groups in total. The van der Waals surface area contributed by atoms with E-state index in [4.69, 9.17) is 5.73 Å². The summed E-state index contributed by atoms with van der Waals surface area (Å²) in [5.41, 5.74) is 4.48. The average molecular weight is 132 g/mol. The second-order valence-electron chi connectivity index (χ2n) is 2.18. The maximum Gasteiger partial charge on any atom is 0.344 e. The van der Waals surface area contributed by atoms with Crippen molar-refractivity contribution < 1.29 is 9.63 Å². The van der Waals surface area contributed by atoms with Crippen molar-refractivity contribution in [2.75, 3.05) is 0 Å². The fourth-order valence-electron chi connectivity index (χ4n) is 0.279. The zero-order valence-electron chi connectivity index (χ0n) is 5.68. The zero-order valence-corrected chi connectivity index (χ0v) is 5.68. The molecule has 0 rings (SSSR count). The molecule has 1 atom stereocenters. The van der Waals surface area contributed by atoms with Crippen LogP contribution < -0.4 is 11.6 Å². The third-order valence-electron chi connectivity index (χ3n) is 1.31. The van der Waals surface area contributed by atoms with Gasteiger partial charge in [-0.05, 0) is 13.3 Å². The van der Waals surface area contributed by atoms with Gasteiger partial charge in [0.15, 0.2) is 0 Å². The standard InChI is InChI=1S/C5H12N2O2/c1-3-5(2,6)4(8)9-7/h3,6-7H2,1-2H3. The monoisotopic (exact) mass is 132 g/mol. The van der Waals surface area contributed by atoms with E-state index in [-0.39, 0.29) is 0 Å². The lowest BCUT2D eigenvalue weighted by molar-refractivity contribution is -0.150. The highest BCUT2D eigenvalue weighted by Gasteiger charge is 2.27. The van der Waals surface area contributed by atoms with Crippen molar-refractivity contribution in [2.24, 2.45) is 11.6 Å². The minimum Gasteiger partial charge on any atom is -0.372 e. The summed E-state index contributed by atoms with van der Waals surface area (Å²) < 4.78 is 0. The quantitative estimate of drug-likeness (QED) is 0.498. The largest absolute Gasteiger partial charge is 0.372 e. The van der Waals surface area contributed by atoms with E-state index in [1.165, 1.54) is 0 Å². The minimum absolute atomic E-state index is 0.517. The van der Waals surface area contributed by atoms with E-state index in [9.17, 15) is 4.79 Å². The number of carbonyl (C=O) groups is 1. The van der Waals surface area contributed by atoms with Gasteiger partial charge in [-0.15, -0.1) is 0 Å². The number of hydrogen-bond donors (Lipinski definition) is 2. The van der Waals surface area contributed by atoms with Gasteiger partial charge in [-0.2, -0.15) is 5.90 Å². The topological polar surface area (TPSA) is 78.3 Å². The van der Waals surface area contributed by atoms with Crippen molar-refractivity contribution in [3.63, 3.8) is 0 Å². The first-order valence-corrected chi connectivity index (χ1v) is 2.74. The molecule has 4 heteroatoms. The summed E-state index contributed by atoms with van der Waals surface area (Å²) >= 11 is 0. The van der Waals surface area contributed by atoms with Crippen LogP contribution in [0.1, 0.15) is 20.3 Å². The molecule has 0 spiro atoms. The SMILES string of the molecule is CCC(C)(N)C(=O)ON. The normalized spacial score (nSPS) is 16.4. The van der Waals surface area contributed by atoms with Crippen LogP contribution in [-0.2, 0) is 9.63 Å². The Hall–Kier alpha value is -0.610. The van der Waals surface area contributed by atoms with E-state index in [2.05, 4.69) is 10.7 Å². The lowest BCUT2D eigenvalue weighted by atomic mass is 10.0. The molecule has 4 nitrogen and oxygen atoms in total. The first-order chi connectivity index (χ1) is 4.04. The number of nitrogens with two attached hydrogens (primary N) is 2. The molecule has 0 aromatic carbocycles. The molecule has 54 valence electrons. The van der Waals surface area contributed by atoms with Crippen LogP contribution in [0, 0.1) is 0 Å².